The largest absolute Gasteiger partial charge is 0.315 e. The first-order valence-corrected chi connectivity index (χ1v) is 7.45. The van der Waals surface area contributed by atoms with Crippen molar-refractivity contribution in [3.05, 3.63) is 55.0 Å². The Morgan fingerprint density at radius 3 is 2.72 bits per heavy atom. The maximum absolute atomic E-state index is 11.0. The zero-order valence-electron chi connectivity index (χ0n) is 10.1. The van der Waals surface area contributed by atoms with Crippen LogP contribution in [0.4, 0.5) is 0 Å². The summed E-state index contributed by atoms with van der Waals surface area (Å²) in [5.41, 5.74) is 2.25. The maximum Gasteiger partial charge on any atom is 0.304 e. The molecule has 0 bridgehead atoms. The first-order chi connectivity index (χ1) is 8.63. The number of rotatable bonds is 5. The molecule has 1 aromatic carbocycles. The van der Waals surface area contributed by atoms with Gasteiger partial charge in [-0.1, -0.05) is 39.4 Å². The van der Waals surface area contributed by atoms with Gasteiger partial charge in [0, 0.05) is 28.1 Å². The van der Waals surface area contributed by atoms with Crippen LogP contribution in [-0.4, -0.2) is 11.0 Å². The second-order valence-electron chi connectivity index (χ2n) is 4.29. The lowest BCUT2D eigenvalue weighted by atomic mass is 10.1. The van der Waals surface area contributed by atoms with Crippen molar-refractivity contribution in [2.24, 2.45) is 0 Å². The van der Waals surface area contributed by atoms with Crippen LogP contribution in [0.2, 0.25) is 0 Å². The molecule has 1 atom stereocenters. The van der Waals surface area contributed by atoms with E-state index in [1.807, 2.05) is 5.38 Å². The van der Waals surface area contributed by atoms with Gasteiger partial charge in [0.2, 0.25) is 0 Å². The summed E-state index contributed by atoms with van der Waals surface area (Å²) in [5, 5.41) is 5.26. The molecule has 0 amide bonds. The number of aromatic nitrogens is 1. The summed E-state index contributed by atoms with van der Waals surface area (Å²) in [4.78, 5) is 13.8. The number of aromatic amines is 1. The van der Waals surface area contributed by atoms with E-state index in [2.05, 4.69) is 57.4 Å². The molecule has 0 radical (unpaired) electrons. The third kappa shape index (κ3) is 4.08. The fourth-order valence-corrected chi connectivity index (χ4v) is 2.58. The molecule has 18 heavy (non-hydrogen) atoms. The number of thiazole rings is 1. The van der Waals surface area contributed by atoms with Gasteiger partial charge in [-0.15, -0.1) is 0 Å². The predicted octanol–water partition coefficient (Wildman–Crippen LogP) is 2.92. The Kier molecular flexibility index (Phi) is 4.74. The van der Waals surface area contributed by atoms with Gasteiger partial charge in [-0.05, 0) is 31.0 Å². The highest BCUT2D eigenvalue weighted by molar-refractivity contribution is 9.10. The lowest BCUT2D eigenvalue weighted by Crippen LogP contribution is -2.27. The first-order valence-electron chi connectivity index (χ1n) is 5.78. The highest BCUT2D eigenvalue weighted by Gasteiger charge is 2.04. The minimum atomic E-state index is 0.00682. The first kappa shape index (κ1) is 13.5. The van der Waals surface area contributed by atoms with Gasteiger partial charge in [-0.2, -0.15) is 0 Å². The molecular formula is C13H15BrN2OS. The maximum atomic E-state index is 11.0. The zero-order chi connectivity index (χ0) is 13.0. The highest BCUT2D eigenvalue weighted by atomic mass is 79.9. The van der Waals surface area contributed by atoms with Gasteiger partial charge in [0.15, 0.2) is 0 Å². The van der Waals surface area contributed by atoms with E-state index in [1.54, 1.807) is 0 Å². The van der Waals surface area contributed by atoms with Crippen molar-refractivity contribution in [2.75, 3.05) is 0 Å². The summed E-state index contributed by atoms with van der Waals surface area (Å²) >= 11 is 4.63. The average Bonchev–Trinajstić information content (AvgIpc) is 2.76. The van der Waals surface area contributed by atoms with Crippen molar-refractivity contribution in [1.29, 1.82) is 0 Å². The van der Waals surface area contributed by atoms with Gasteiger partial charge >= 0.3 is 4.87 Å². The van der Waals surface area contributed by atoms with Gasteiger partial charge in [-0.3, -0.25) is 4.79 Å². The highest BCUT2D eigenvalue weighted by Crippen LogP contribution is 2.12. The van der Waals surface area contributed by atoms with E-state index in [1.165, 1.54) is 16.9 Å². The van der Waals surface area contributed by atoms with E-state index in [-0.39, 0.29) is 4.87 Å². The summed E-state index contributed by atoms with van der Waals surface area (Å²) < 4.78 is 1.10. The van der Waals surface area contributed by atoms with Gasteiger partial charge in [-0.25, -0.2) is 0 Å². The van der Waals surface area contributed by atoms with Crippen molar-refractivity contribution >= 4 is 27.3 Å². The van der Waals surface area contributed by atoms with E-state index < -0.39 is 0 Å². The fourth-order valence-electron chi connectivity index (χ4n) is 1.73. The van der Waals surface area contributed by atoms with Crippen molar-refractivity contribution in [2.45, 2.75) is 25.9 Å². The molecule has 2 rings (SSSR count). The summed E-state index contributed by atoms with van der Waals surface area (Å²) in [6.07, 6.45) is 0.974. The number of nitrogens with one attached hydrogen (secondary N) is 2. The quantitative estimate of drug-likeness (QED) is 0.887. The lowest BCUT2D eigenvalue weighted by Gasteiger charge is -2.13. The molecule has 1 heterocycles. The SMILES string of the molecule is CC(Cc1ccc(Br)cc1)NCc1csc(=O)[nH]1. The van der Waals surface area contributed by atoms with Gasteiger partial charge in [0.05, 0.1) is 0 Å². The minimum Gasteiger partial charge on any atom is -0.315 e. The van der Waals surface area contributed by atoms with Crippen LogP contribution in [0, 0.1) is 0 Å². The second kappa shape index (κ2) is 6.31. The Balaban J connectivity index is 1.83. The monoisotopic (exact) mass is 326 g/mol. The summed E-state index contributed by atoms with van der Waals surface area (Å²) in [5.74, 6) is 0. The van der Waals surface area contributed by atoms with Crippen molar-refractivity contribution < 1.29 is 0 Å². The topological polar surface area (TPSA) is 44.9 Å². The molecular weight excluding hydrogens is 312 g/mol. The zero-order valence-corrected chi connectivity index (χ0v) is 12.5. The van der Waals surface area contributed by atoms with Crippen molar-refractivity contribution in [3.8, 4) is 0 Å². The second-order valence-corrected chi connectivity index (χ2v) is 6.04. The van der Waals surface area contributed by atoms with Crippen molar-refractivity contribution in [1.82, 2.24) is 10.3 Å². The van der Waals surface area contributed by atoms with E-state index in [0.717, 1.165) is 16.6 Å². The van der Waals surface area contributed by atoms with Gasteiger partial charge < -0.3 is 10.3 Å². The molecule has 2 aromatic rings. The molecule has 5 heteroatoms. The smallest absolute Gasteiger partial charge is 0.304 e. The molecule has 1 aromatic heterocycles. The number of halogens is 1. The van der Waals surface area contributed by atoms with E-state index in [0.29, 0.717) is 12.6 Å². The third-order valence-corrected chi connectivity index (χ3v) is 3.91. The Bertz CT molecular complexity index is 547. The normalized spacial score (nSPS) is 12.6. The summed E-state index contributed by atoms with van der Waals surface area (Å²) in [6, 6.07) is 8.72. The van der Waals surface area contributed by atoms with Crippen LogP contribution in [0.5, 0.6) is 0 Å². The van der Waals surface area contributed by atoms with Crippen LogP contribution in [0.1, 0.15) is 18.2 Å². The number of benzene rings is 1. The lowest BCUT2D eigenvalue weighted by molar-refractivity contribution is 0.541. The Morgan fingerprint density at radius 1 is 1.39 bits per heavy atom. The molecule has 3 nitrogen and oxygen atoms in total. The number of hydrogen-bond donors (Lipinski definition) is 2. The summed E-state index contributed by atoms with van der Waals surface area (Å²) in [6.45, 7) is 2.85. The number of hydrogen-bond acceptors (Lipinski definition) is 3. The molecule has 0 fully saturated rings. The standard InChI is InChI=1S/C13H15BrN2OS/c1-9(6-10-2-4-11(14)5-3-10)15-7-12-8-18-13(17)16-12/h2-5,8-9,15H,6-7H2,1H3,(H,16,17). The van der Waals surface area contributed by atoms with Crippen LogP contribution < -0.4 is 10.2 Å². The van der Waals surface area contributed by atoms with Crippen LogP contribution in [0.3, 0.4) is 0 Å². The molecule has 2 N–H and O–H groups in total. The number of H-pyrrole nitrogens is 1. The molecule has 0 aliphatic rings. The van der Waals surface area contributed by atoms with Crippen molar-refractivity contribution in [3.63, 3.8) is 0 Å². The predicted molar refractivity (Wildman–Crippen MR) is 79.1 cm³/mol. The Hall–Kier alpha value is -0.910. The van der Waals surface area contributed by atoms with Crippen LogP contribution in [-0.2, 0) is 13.0 Å². The van der Waals surface area contributed by atoms with Crippen LogP contribution in [0.15, 0.2) is 38.9 Å². The molecule has 0 spiro atoms. The minimum absolute atomic E-state index is 0.00682. The van der Waals surface area contributed by atoms with E-state index in [4.69, 9.17) is 0 Å². The fraction of sp³-hybridized carbons (Fsp3) is 0.308. The van der Waals surface area contributed by atoms with Gasteiger partial charge in [0.25, 0.3) is 0 Å². The van der Waals surface area contributed by atoms with E-state index in [9.17, 15) is 4.79 Å². The van der Waals surface area contributed by atoms with Gasteiger partial charge in [0.1, 0.15) is 0 Å². The Labute approximate surface area is 118 Å². The van der Waals surface area contributed by atoms with Crippen LogP contribution in [0.25, 0.3) is 0 Å². The summed E-state index contributed by atoms with van der Waals surface area (Å²) in [7, 11) is 0. The average molecular weight is 327 g/mol. The molecule has 0 saturated carbocycles. The molecule has 0 saturated heterocycles. The van der Waals surface area contributed by atoms with E-state index >= 15 is 0 Å². The molecule has 1 unspecified atom stereocenters. The molecule has 0 aliphatic heterocycles. The molecule has 0 aliphatic carbocycles. The molecule has 96 valence electrons. The third-order valence-electron chi connectivity index (χ3n) is 2.67. The Morgan fingerprint density at radius 2 is 2.11 bits per heavy atom. The van der Waals surface area contributed by atoms with Crippen LogP contribution >= 0.6 is 27.3 Å².